The number of hydrogen-bond donors (Lipinski definition) is 0. The van der Waals surface area contributed by atoms with Crippen LogP contribution in [0.15, 0.2) is 148 Å². The van der Waals surface area contributed by atoms with Crippen LogP contribution in [0.1, 0.15) is 0 Å². The van der Waals surface area contributed by atoms with E-state index in [1.54, 1.807) is 33.0 Å². The average Bonchev–Trinajstić information content (AvgIpc) is 3.20. The van der Waals surface area contributed by atoms with Crippen molar-refractivity contribution < 1.29 is 0 Å². The molecule has 0 spiro atoms. The Morgan fingerprint density at radius 1 is 0.241 bits per heavy atom. The summed E-state index contributed by atoms with van der Waals surface area (Å²) in [5, 5.41) is 1.43. The van der Waals surface area contributed by atoms with E-state index in [0.29, 0.717) is 21.1 Å². The highest BCUT2D eigenvalue weighted by molar-refractivity contribution is 8.58. The molecule has 54 heavy (non-hydrogen) atoms. The summed E-state index contributed by atoms with van der Waals surface area (Å²) in [4.78, 5) is 11.5. The molecule has 0 aromatic heterocycles. The summed E-state index contributed by atoms with van der Waals surface area (Å²) in [6, 6.07) is 42.8. The Labute approximate surface area is 347 Å². The molecule has 7 aromatic rings. The van der Waals surface area contributed by atoms with Gasteiger partial charge in [-0.3, -0.25) is 0 Å². The molecule has 0 atom stereocenters. The van der Waals surface area contributed by atoms with Crippen molar-refractivity contribution in [3.8, 4) is 66.8 Å². The predicted molar refractivity (Wildman–Crippen MR) is 247 cm³/mol. The molecular formula is C42H18B4S8. The van der Waals surface area contributed by atoms with Gasteiger partial charge >= 0.3 is 21.1 Å². The first-order valence-corrected chi connectivity index (χ1v) is 25.2. The van der Waals surface area contributed by atoms with E-state index in [1.165, 1.54) is 94.8 Å². The summed E-state index contributed by atoms with van der Waals surface area (Å²) < 4.78 is 0. The van der Waals surface area contributed by atoms with E-state index in [2.05, 4.69) is 202 Å². The van der Waals surface area contributed by atoms with E-state index < -0.39 is 0 Å². The summed E-state index contributed by atoms with van der Waals surface area (Å²) in [5.74, 6) is 0. The third kappa shape index (κ3) is 3.80. The first kappa shape index (κ1) is 30.7. The smallest absolute Gasteiger partial charge is 0.154 e. The Bertz CT molecular complexity index is 2820. The molecular weight excluding hydrogens is 804 g/mol. The summed E-state index contributed by atoms with van der Waals surface area (Å²) >= 11 is 16.6. The lowest BCUT2D eigenvalue weighted by Crippen LogP contribution is -2.45. The van der Waals surface area contributed by atoms with Crippen LogP contribution in [-0.4, -0.2) is 21.1 Å². The van der Waals surface area contributed by atoms with Gasteiger partial charge in [0.2, 0.25) is 0 Å². The Morgan fingerprint density at radius 3 is 0.981 bits per heavy atom. The summed E-state index contributed by atoms with van der Waals surface area (Å²) in [7, 11) is 0. The standard InChI is InChI=1S/C42H18B4S8/c1-3-9-27-19(7-1)23-16-25-21-15-22-26-17-24-20-8-2-4-10-28(20)48-44-40(24)38-36-30(50-44)12-6-14-32(36)52-46(42(26)38)54-34(22)18-33(21)53-45-41(25)37-35-29(11-5-13-31(35)51-45)49-43(47-27)39(23)37/h1-18H. The molecule has 7 aromatic carbocycles. The molecule has 246 valence electrons. The van der Waals surface area contributed by atoms with E-state index in [1.807, 2.05) is 0 Å². The predicted octanol–water partition coefficient (Wildman–Crippen LogP) is 11.3. The minimum absolute atomic E-state index is 0.342. The number of rotatable bonds is 0. The molecule has 0 aliphatic carbocycles. The molecule has 0 radical (unpaired) electrons. The van der Waals surface area contributed by atoms with E-state index in [4.69, 9.17) is 0 Å². The summed E-state index contributed by atoms with van der Waals surface area (Å²) in [5.41, 5.74) is 23.7. The van der Waals surface area contributed by atoms with Crippen LogP contribution in [0.4, 0.5) is 0 Å². The highest BCUT2D eigenvalue weighted by atomic mass is 32.2. The average molecular weight is 822 g/mol. The SMILES string of the molecule is c1ccc2c(c1)SB1Sc3cccc4c3-c3c1c-2cc1c3B(Sc2cc3c(cc2-1)-c1cc2c5c6c1B(S3)Sc1cccc(c1-6)SB5Sc1ccccc1-2)S4. The third-order valence-electron chi connectivity index (χ3n) is 12.1. The van der Waals surface area contributed by atoms with E-state index in [-0.39, 0.29) is 0 Å². The lowest BCUT2D eigenvalue weighted by atomic mass is 9.67. The van der Waals surface area contributed by atoms with Crippen molar-refractivity contribution in [3.63, 3.8) is 0 Å². The number of benzene rings is 7. The van der Waals surface area contributed by atoms with Crippen LogP contribution in [0.2, 0.25) is 0 Å². The van der Waals surface area contributed by atoms with Crippen LogP contribution in [0.5, 0.6) is 0 Å². The first-order chi connectivity index (χ1) is 26.7. The Balaban J connectivity index is 1.03. The van der Waals surface area contributed by atoms with Crippen molar-refractivity contribution in [1.29, 1.82) is 0 Å². The monoisotopic (exact) mass is 822 g/mol. The van der Waals surface area contributed by atoms with Gasteiger partial charge in [0.1, 0.15) is 0 Å². The van der Waals surface area contributed by atoms with Crippen LogP contribution in [0.25, 0.3) is 66.8 Å². The van der Waals surface area contributed by atoms with E-state index in [9.17, 15) is 0 Å². The van der Waals surface area contributed by atoms with E-state index >= 15 is 0 Å². The van der Waals surface area contributed by atoms with Crippen molar-refractivity contribution in [3.05, 3.63) is 109 Å². The molecule has 0 N–H and O–H groups in total. The molecule has 0 saturated carbocycles. The van der Waals surface area contributed by atoms with Gasteiger partial charge in [0, 0.05) is 50.3 Å². The van der Waals surface area contributed by atoms with Crippen molar-refractivity contribution in [2.75, 3.05) is 0 Å². The fourth-order valence-corrected chi connectivity index (χ4v) is 22.0. The zero-order chi connectivity index (χ0) is 34.6. The maximum atomic E-state index is 2.63. The lowest BCUT2D eigenvalue weighted by Gasteiger charge is -2.42. The second-order valence-electron chi connectivity index (χ2n) is 14.7. The van der Waals surface area contributed by atoms with Crippen molar-refractivity contribution in [2.24, 2.45) is 0 Å². The van der Waals surface area contributed by atoms with Gasteiger partial charge in [0.05, 0.1) is 0 Å². The second-order valence-corrected chi connectivity index (χ2v) is 25.1. The summed E-state index contributed by atoms with van der Waals surface area (Å²) in [6.07, 6.45) is 0. The van der Waals surface area contributed by atoms with E-state index in [0.717, 1.165) is 0 Å². The lowest BCUT2D eigenvalue weighted by molar-refractivity contribution is 1.32. The van der Waals surface area contributed by atoms with Gasteiger partial charge in [-0.25, -0.2) is 0 Å². The normalized spacial score (nSPS) is 16.9. The molecule has 0 bridgehead atoms. The van der Waals surface area contributed by atoms with Crippen molar-refractivity contribution >= 4 is 136 Å². The van der Waals surface area contributed by atoms with Crippen LogP contribution in [-0.2, 0) is 0 Å². The highest BCUT2D eigenvalue weighted by Crippen LogP contribution is 2.61. The van der Waals surface area contributed by atoms with Gasteiger partial charge in [0.25, 0.3) is 0 Å². The summed E-state index contributed by atoms with van der Waals surface area (Å²) in [6.45, 7) is 0. The molecule has 8 aliphatic heterocycles. The van der Waals surface area contributed by atoms with Crippen molar-refractivity contribution in [1.82, 2.24) is 0 Å². The fraction of sp³-hybridized carbons (Fsp3) is 0. The molecule has 8 heterocycles. The number of fused-ring (bicyclic) bond motifs is 8. The third-order valence-corrected chi connectivity index (χ3v) is 22.8. The van der Waals surface area contributed by atoms with Crippen LogP contribution < -0.4 is 21.9 Å². The zero-order valence-electron chi connectivity index (χ0n) is 28.0. The molecule has 0 fully saturated rings. The van der Waals surface area contributed by atoms with Gasteiger partial charge in [-0.1, -0.05) is 48.5 Å². The zero-order valence-corrected chi connectivity index (χ0v) is 34.5. The van der Waals surface area contributed by atoms with Crippen molar-refractivity contribution in [2.45, 2.75) is 39.2 Å². The second kappa shape index (κ2) is 10.8. The molecule has 0 unspecified atom stereocenters. The molecule has 0 amide bonds. The largest absolute Gasteiger partial charge is 0.318 e. The highest BCUT2D eigenvalue weighted by Gasteiger charge is 2.49. The Morgan fingerprint density at radius 2 is 0.556 bits per heavy atom. The molecule has 0 saturated heterocycles. The van der Waals surface area contributed by atoms with Gasteiger partial charge in [0.15, 0.2) is 0 Å². The van der Waals surface area contributed by atoms with Gasteiger partial charge in [-0.05, 0) is 138 Å². The molecule has 0 nitrogen and oxygen atoms in total. The van der Waals surface area contributed by atoms with Crippen LogP contribution in [0.3, 0.4) is 0 Å². The molecule has 15 rings (SSSR count). The minimum atomic E-state index is 0.342. The quantitative estimate of drug-likeness (QED) is 0.137. The minimum Gasteiger partial charge on any atom is -0.154 e. The maximum absolute atomic E-state index is 2.63. The van der Waals surface area contributed by atoms with Gasteiger partial charge in [-0.2, -0.15) is 92.9 Å². The Hall–Kier alpha value is -2.40. The maximum Gasteiger partial charge on any atom is 0.318 e. The molecule has 12 heteroatoms. The first-order valence-electron chi connectivity index (χ1n) is 18.1. The number of hydrogen-bond acceptors (Lipinski definition) is 8. The van der Waals surface area contributed by atoms with Crippen LogP contribution in [0, 0.1) is 0 Å². The van der Waals surface area contributed by atoms with Gasteiger partial charge < -0.3 is 0 Å². The Kier molecular flexibility index (Phi) is 6.11. The fourth-order valence-electron chi connectivity index (χ4n) is 10.00. The van der Waals surface area contributed by atoms with Gasteiger partial charge in [-0.15, -0.1) is 0 Å². The van der Waals surface area contributed by atoms with Crippen LogP contribution >= 0.6 is 92.9 Å². The molecule has 8 aliphatic rings. The topological polar surface area (TPSA) is 0 Å².